The highest BCUT2D eigenvalue weighted by molar-refractivity contribution is 6.06. The van der Waals surface area contributed by atoms with E-state index in [0.717, 1.165) is 11.6 Å². The molecule has 0 radical (unpaired) electrons. The predicted octanol–water partition coefficient (Wildman–Crippen LogP) is 3.27. The summed E-state index contributed by atoms with van der Waals surface area (Å²) in [6, 6.07) is 10.7. The SMILES string of the molecule is COc1ccc(C)cc1C(=O)Nc1ccc(F)cc1C#N. The van der Waals surface area contributed by atoms with Crippen LogP contribution in [-0.2, 0) is 0 Å². The average Bonchev–Trinajstić information content (AvgIpc) is 2.48. The van der Waals surface area contributed by atoms with Gasteiger partial charge in [0.2, 0.25) is 0 Å². The van der Waals surface area contributed by atoms with Crippen LogP contribution in [0, 0.1) is 24.1 Å². The summed E-state index contributed by atoms with van der Waals surface area (Å²) < 4.78 is 18.2. The molecule has 21 heavy (non-hydrogen) atoms. The number of anilines is 1. The van der Waals surface area contributed by atoms with Crippen LogP contribution in [0.15, 0.2) is 36.4 Å². The number of nitrogens with one attached hydrogen (secondary N) is 1. The van der Waals surface area contributed by atoms with Crippen molar-refractivity contribution < 1.29 is 13.9 Å². The van der Waals surface area contributed by atoms with Crippen molar-refractivity contribution in [3.63, 3.8) is 0 Å². The van der Waals surface area contributed by atoms with E-state index in [0.29, 0.717) is 11.3 Å². The van der Waals surface area contributed by atoms with Crippen LogP contribution in [-0.4, -0.2) is 13.0 Å². The number of halogens is 1. The van der Waals surface area contributed by atoms with Gasteiger partial charge < -0.3 is 10.1 Å². The van der Waals surface area contributed by atoms with Crippen LogP contribution in [0.5, 0.6) is 5.75 Å². The fraction of sp³-hybridized carbons (Fsp3) is 0.125. The van der Waals surface area contributed by atoms with E-state index in [2.05, 4.69) is 5.32 Å². The number of rotatable bonds is 3. The van der Waals surface area contributed by atoms with Crippen LogP contribution in [0.4, 0.5) is 10.1 Å². The molecule has 0 spiro atoms. The Bertz CT molecular complexity index is 736. The molecular formula is C16H13FN2O2. The van der Waals surface area contributed by atoms with Crippen LogP contribution < -0.4 is 10.1 Å². The van der Waals surface area contributed by atoms with Crippen molar-refractivity contribution in [3.05, 3.63) is 58.9 Å². The fourth-order valence-corrected chi connectivity index (χ4v) is 1.91. The third-order valence-electron chi connectivity index (χ3n) is 2.95. The van der Waals surface area contributed by atoms with Gasteiger partial charge in [0, 0.05) is 0 Å². The summed E-state index contributed by atoms with van der Waals surface area (Å²) in [6.07, 6.45) is 0. The van der Waals surface area contributed by atoms with Gasteiger partial charge >= 0.3 is 0 Å². The fourth-order valence-electron chi connectivity index (χ4n) is 1.91. The van der Waals surface area contributed by atoms with E-state index in [4.69, 9.17) is 10.00 Å². The lowest BCUT2D eigenvalue weighted by Crippen LogP contribution is -2.14. The number of carbonyl (C=O) groups is 1. The summed E-state index contributed by atoms with van der Waals surface area (Å²) in [5.41, 5.74) is 1.58. The number of ether oxygens (including phenoxy) is 1. The minimum Gasteiger partial charge on any atom is -0.496 e. The van der Waals surface area contributed by atoms with E-state index in [1.165, 1.54) is 19.2 Å². The van der Waals surface area contributed by atoms with E-state index in [9.17, 15) is 9.18 Å². The summed E-state index contributed by atoms with van der Waals surface area (Å²) in [5.74, 6) is -0.518. The van der Waals surface area contributed by atoms with E-state index in [-0.39, 0.29) is 11.3 Å². The Morgan fingerprint density at radius 2 is 2.05 bits per heavy atom. The Labute approximate surface area is 121 Å². The molecular weight excluding hydrogens is 271 g/mol. The smallest absolute Gasteiger partial charge is 0.259 e. The lowest BCUT2D eigenvalue weighted by atomic mass is 10.1. The van der Waals surface area contributed by atoms with Crippen molar-refractivity contribution >= 4 is 11.6 Å². The topological polar surface area (TPSA) is 62.1 Å². The quantitative estimate of drug-likeness (QED) is 0.941. The number of hydrogen-bond donors (Lipinski definition) is 1. The zero-order valence-electron chi connectivity index (χ0n) is 11.6. The van der Waals surface area contributed by atoms with Gasteiger partial charge in [-0.3, -0.25) is 4.79 Å². The van der Waals surface area contributed by atoms with E-state index in [1.54, 1.807) is 12.1 Å². The average molecular weight is 284 g/mol. The van der Waals surface area contributed by atoms with E-state index >= 15 is 0 Å². The maximum absolute atomic E-state index is 13.1. The standard InChI is InChI=1S/C16H13FN2O2/c1-10-3-6-15(21-2)13(7-10)16(20)19-14-5-4-12(17)8-11(14)9-18/h3-8H,1-2H3,(H,19,20). The molecule has 0 fully saturated rings. The van der Waals surface area contributed by atoms with Crippen LogP contribution >= 0.6 is 0 Å². The first-order chi connectivity index (χ1) is 10.0. The van der Waals surface area contributed by atoms with Gasteiger partial charge in [0.25, 0.3) is 5.91 Å². The van der Waals surface area contributed by atoms with Gasteiger partial charge in [-0.05, 0) is 37.3 Å². The Kier molecular flexibility index (Phi) is 4.19. The summed E-state index contributed by atoms with van der Waals surface area (Å²) in [4.78, 5) is 12.3. The number of hydrogen-bond acceptors (Lipinski definition) is 3. The molecule has 1 N–H and O–H groups in total. The molecule has 0 bridgehead atoms. The molecule has 0 saturated heterocycles. The van der Waals surface area contributed by atoms with E-state index < -0.39 is 11.7 Å². The molecule has 5 heteroatoms. The lowest BCUT2D eigenvalue weighted by molar-refractivity contribution is 0.102. The molecule has 2 aromatic carbocycles. The molecule has 0 heterocycles. The normalized spacial score (nSPS) is 9.81. The van der Waals surface area contributed by atoms with Crippen molar-refractivity contribution in [2.24, 2.45) is 0 Å². The third kappa shape index (κ3) is 3.18. The highest BCUT2D eigenvalue weighted by atomic mass is 19.1. The number of nitriles is 1. The Morgan fingerprint density at radius 1 is 1.29 bits per heavy atom. The number of methoxy groups -OCH3 is 1. The maximum atomic E-state index is 13.1. The molecule has 0 atom stereocenters. The van der Waals surface area contributed by atoms with Crippen LogP contribution in [0.2, 0.25) is 0 Å². The number of carbonyl (C=O) groups excluding carboxylic acids is 1. The molecule has 0 aromatic heterocycles. The van der Waals surface area contributed by atoms with Crippen LogP contribution in [0.1, 0.15) is 21.5 Å². The molecule has 0 unspecified atom stereocenters. The van der Waals surface area contributed by atoms with Crippen LogP contribution in [0.3, 0.4) is 0 Å². The molecule has 4 nitrogen and oxygen atoms in total. The summed E-state index contributed by atoms with van der Waals surface area (Å²) in [5, 5.41) is 11.6. The van der Waals surface area contributed by atoms with Crippen molar-refractivity contribution in [2.75, 3.05) is 12.4 Å². The Hall–Kier alpha value is -2.87. The first-order valence-corrected chi connectivity index (χ1v) is 6.21. The zero-order valence-corrected chi connectivity index (χ0v) is 11.6. The second-order valence-electron chi connectivity index (χ2n) is 4.46. The maximum Gasteiger partial charge on any atom is 0.259 e. The first kappa shape index (κ1) is 14.5. The summed E-state index contributed by atoms with van der Waals surface area (Å²) in [6.45, 7) is 1.86. The van der Waals surface area contributed by atoms with Gasteiger partial charge in [-0.25, -0.2) is 4.39 Å². The Balaban J connectivity index is 2.35. The van der Waals surface area contributed by atoms with Gasteiger partial charge in [-0.15, -0.1) is 0 Å². The number of benzene rings is 2. The van der Waals surface area contributed by atoms with Gasteiger partial charge in [0.05, 0.1) is 23.9 Å². The van der Waals surface area contributed by atoms with Gasteiger partial charge in [-0.1, -0.05) is 11.6 Å². The largest absolute Gasteiger partial charge is 0.496 e. The first-order valence-electron chi connectivity index (χ1n) is 6.21. The second kappa shape index (κ2) is 6.06. The van der Waals surface area contributed by atoms with E-state index in [1.807, 2.05) is 19.1 Å². The number of amides is 1. The second-order valence-corrected chi connectivity index (χ2v) is 4.46. The highest BCUT2D eigenvalue weighted by Crippen LogP contribution is 2.22. The molecule has 0 aliphatic carbocycles. The van der Waals surface area contributed by atoms with Crippen molar-refractivity contribution in [1.29, 1.82) is 5.26 Å². The minimum atomic E-state index is -0.530. The molecule has 1 amide bonds. The summed E-state index contributed by atoms with van der Waals surface area (Å²) in [7, 11) is 1.47. The molecule has 106 valence electrons. The monoisotopic (exact) mass is 284 g/mol. The van der Waals surface area contributed by atoms with Gasteiger partial charge in [0.1, 0.15) is 17.6 Å². The minimum absolute atomic E-state index is 0.0648. The van der Waals surface area contributed by atoms with Crippen LogP contribution in [0.25, 0.3) is 0 Å². The van der Waals surface area contributed by atoms with Gasteiger partial charge in [0.15, 0.2) is 0 Å². The van der Waals surface area contributed by atoms with Crippen molar-refractivity contribution in [1.82, 2.24) is 0 Å². The van der Waals surface area contributed by atoms with Crippen molar-refractivity contribution in [3.8, 4) is 11.8 Å². The number of aryl methyl sites for hydroxylation is 1. The van der Waals surface area contributed by atoms with Crippen molar-refractivity contribution in [2.45, 2.75) is 6.92 Å². The summed E-state index contributed by atoms with van der Waals surface area (Å²) >= 11 is 0. The molecule has 2 rings (SSSR count). The third-order valence-corrected chi connectivity index (χ3v) is 2.95. The predicted molar refractivity (Wildman–Crippen MR) is 76.8 cm³/mol. The molecule has 0 saturated carbocycles. The molecule has 2 aromatic rings. The molecule has 0 aliphatic heterocycles. The molecule has 0 aliphatic rings. The lowest BCUT2D eigenvalue weighted by Gasteiger charge is -2.11. The van der Waals surface area contributed by atoms with Gasteiger partial charge in [-0.2, -0.15) is 5.26 Å². The zero-order chi connectivity index (χ0) is 15.4. The Morgan fingerprint density at radius 3 is 2.71 bits per heavy atom. The number of nitrogens with zero attached hydrogens (tertiary/aromatic N) is 1. The highest BCUT2D eigenvalue weighted by Gasteiger charge is 2.14.